The fourth-order valence-electron chi connectivity index (χ4n) is 6.18. The van der Waals surface area contributed by atoms with E-state index >= 15 is 4.39 Å². The summed E-state index contributed by atoms with van der Waals surface area (Å²) < 4.78 is 79.5. The van der Waals surface area contributed by atoms with Crippen molar-refractivity contribution in [2.24, 2.45) is 16.3 Å². The second-order valence-corrected chi connectivity index (χ2v) is 12.9. The third-order valence-corrected chi connectivity index (χ3v) is 9.26. The van der Waals surface area contributed by atoms with E-state index in [1.54, 1.807) is 26.0 Å². The molecule has 1 aliphatic carbocycles. The van der Waals surface area contributed by atoms with Crippen LogP contribution in [0.3, 0.4) is 0 Å². The number of rotatable bonds is 3. The molecule has 0 saturated carbocycles. The normalized spacial score (nSPS) is 27.7. The number of hydrogen-bond acceptors (Lipinski definition) is 5. The average Bonchev–Trinajstić information content (AvgIpc) is 3.31. The Bertz CT molecular complexity index is 1700. The fraction of sp³-hybridized carbons (Fsp3) is 0.321. The summed E-state index contributed by atoms with van der Waals surface area (Å²) in [4.78, 5) is 34.2. The topological polar surface area (TPSA) is 99.2 Å². The Morgan fingerprint density at radius 3 is 2.27 bits per heavy atom. The zero-order valence-corrected chi connectivity index (χ0v) is 22.8. The Labute approximate surface area is 233 Å². The second kappa shape index (κ2) is 8.75. The van der Waals surface area contributed by atoms with Gasteiger partial charge in [0.2, 0.25) is 5.91 Å². The van der Waals surface area contributed by atoms with Gasteiger partial charge in [-0.1, -0.05) is 31.2 Å². The molecule has 4 atom stereocenters. The van der Waals surface area contributed by atoms with Crippen LogP contribution >= 0.6 is 0 Å². The lowest BCUT2D eigenvalue weighted by Gasteiger charge is -2.54. The molecule has 3 heterocycles. The van der Waals surface area contributed by atoms with Crippen molar-refractivity contribution in [2.75, 3.05) is 12.8 Å². The summed E-state index contributed by atoms with van der Waals surface area (Å²) in [7, 11) is -3.51. The van der Waals surface area contributed by atoms with E-state index in [1.807, 2.05) is 0 Å². The number of nitrogens with zero attached hydrogens (tertiary/aromatic N) is 3. The molecule has 2 aromatic carbocycles. The van der Waals surface area contributed by atoms with Gasteiger partial charge in [0.25, 0.3) is 0 Å². The zero-order valence-electron chi connectivity index (χ0n) is 22.0. The number of nitrogens with one attached hydrogen (secondary N) is 1. The number of amides is 3. The van der Waals surface area contributed by atoms with Crippen molar-refractivity contribution in [2.45, 2.75) is 37.0 Å². The Balaban J connectivity index is 1.56. The Morgan fingerprint density at radius 2 is 1.68 bits per heavy atom. The second-order valence-electron chi connectivity index (χ2n) is 10.8. The fourth-order valence-corrected chi connectivity index (χ4v) is 6.81. The number of carbonyl (C=O) groups excluding carboxylic acids is 2. The smallest absolute Gasteiger partial charge is 0.326 e. The SMILES string of the molecule is CC1C(F)=CC2(C)C3=C1NC(=O)CN3C(=O)N1C(c3ccc(C(F)(F)F)cc3)=NC(c3ccc(S(C)(=O)=O)cc3)C12. The average molecular weight is 589 g/mol. The molecule has 4 unspecified atom stereocenters. The van der Waals surface area contributed by atoms with Crippen molar-refractivity contribution >= 4 is 27.6 Å². The molecule has 41 heavy (non-hydrogen) atoms. The summed E-state index contributed by atoms with van der Waals surface area (Å²) in [6, 6.07) is 7.77. The number of urea groups is 1. The largest absolute Gasteiger partial charge is 0.416 e. The molecule has 8 nitrogen and oxygen atoms in total. The molecule has 0 aromatic heterocycles. The molecule has 1 N–H and O–H groups in total. The van der Waals surface area contributed by atoms with Gasteiger partial charge in [-0.15, -0.1) is 0 Å². The van der Waals surface area contributed by atoms with Crippen LogP contribution in [0.2, 0.25) is 0 Å². The molecule has 2 aromatic rings. The van der Waals surface area contributed by atoms with Crippen molar-refractivity contribution in [3.63, 3.8) is 0 Å². The number of aliphatic imine (C=N–C) groups is 1. The Kier molecular flexibility index (Phi) is 5.80. The van der Waals surface area contributed by atoms with Gasteiger partial charge < -0.3 is 5.32 Å². The summed E-state index contributed by atoms with van der Waals surface area (Å²) >= 11 is 0. The number of sulfone groups is 1. The first kappa shape index (κ1) is 27.2. The maximum absolute atomic E-state index is 15.5. The highest BCUT2D eigenvalue weighted by Crippen LogP contribution is 2.56. The molecule has 214 valence electrons. The van der Waals surface area contributed by atoms with Crippen molar-refractivity contribution < 1.29 is 35.6 Å². The lowest BCUT2D eigenvalue weighted by Crippen LogP contribution is -2.66. The van der Waals surface area contributed by atoms with E-state index in [1.165, 1.54) is 40.1 Å². The summed E-state index contributed by atoms with van der Waals surface area (Å²) in [6.07, 6.45) is -2.10. The van der Waals surface area contributed by atoms with E-state index in [0.29, 0.717) is 11.3 Å². The molecule has 1 fully saturated rings. The van der Waals surface area contributed by atoms with E-state index in [4.69, 9.17) is 4.99 Å². The highest BCUT2D eigenvalue weighted by Gasteiger charge is 2.61. The van der Waals surface area contributed by atoms with Crippen molar-refractivity contribution in [1.82, 2.24) is 15.1 Å². The summed E-state index contributed by atoms with van der Waals surface area (Å²) in [6.45, 7) is 2.98. The van der Waals surface area contributed by atoms with Crippen LogP contribution in [0, 0.1) is 11.3 Å². The van der Waals surface area contributed by atoms with Crippen LogP contribution in [0.15, 0.2) is 81.7 Å². The lowest BCUT2D eigenvalue weighted by molar-refractivity contribution is -0.137. The first-order chi connectivity index (χ1) is 19.1. The number of fused-ring (bicyclic) bond motifs is 2. The van der Waals surface area contributed by atoms with E-state index < -0.39 is 62.8 Å². The minimum Gasteiger partial charge on any atom is -0.326 e. The minimum atomic E-state index is -4.57. The molecule has 0 spiro atoms. The number of benzene rings is 2. The van der Waals surface area contributed by atoms with Gasteiger partial charge in [0, 0.05) is 23.4 Å². The molecule has 6 rings (SSSR count). The van der Waals surface area contributed by atoms with Crippen molar-refractivity contribution in [1.29, 1.82) is 0 Å². The molecule has 1 saturated heterocycles. The first-order valence-corrected chi connectivity index (χ1v) is 14.6. The van der Waals surface area contributed by atoms with Crippen molar-refractivity contribution in [3.05, 3.63) is 88.5 Å². The quantitative estimate of drug-likeness (QED) is 0.532. The highest BCUT2D eigenvalue weighted by atomic mass is 32.2. The molecule has 3 aliphatic heterocycles. The van der Waals surface area contributed by atoms with Gasteiger partial charge in [-0.3, -0.25) is 19.6 Å². The molecule has 3 amide bonds. The molecule has 0 bridgehead atoms. The van der Waals surface area contributed by atoms with Gasteiger partial charge in [-0.05, 0) is 42.8 Å². The molecule has 0 radical (unpaired) electrons. The highest BCUT2D eigenvalue weighted by molar-refractivity contribution is 7.90. The number of hydrogen-bond donors (Lipinski definition) is 1. The maximum atomic E-state index is 15.5. The summed E-state index contributed by atoms with van der Waals surface area (Å²) in [5, 5.41) is 2.73. The number of alkyl halides is 3. The number of allylic oxidation sites excluding steroid dienone is 1. The van der Waals surface area contributed by atoms with Gasteiger partial charge in [0.05, 0.1) is 33.7 Å². The van der Waals surface area contributed by atoms with Crippen LogP contribution in [0.4, 0.5) is 22.4 Å². The van der Waals surface area contributed by atoms with Gasteiger partial charge in [-0.2, -0.15) is 13.2 Å². The number of halogens is 4. The van der Waals surface area contributed by atoms with Crippen LogP contribution in [0.25, 0.3) is 0 Å². The zero-order chi connectivity index (χ0) is 29.6. The van der Waals surface area contributed by atoms with E-state index in [0.717, 1.165) is 18.4 Å². The van der Waals surface area contributed by atoms with Gasteiger partial charge in [0.1, 0.15) is 18.2 Å². The predicted octanol–water partition coefficient (Wildman–Crippen LogP) is 4.57. The Morgan fingerprint density at radius 1 is 1.05 bits per heavy atom. The summed E-state index contributed by atoms with van der Waals surface area (Å²) in [5.41, 5.74) is -0.658. The predicted molar refractivity (Wildman–Crippen MR) is 140 cm³/mol. The molecule has 13 heteroatoms. The Hall–Kier alpha value is -4.00. The molecular weight excluding hydrogens is 564 g/mol. The van der Waals surface area contributed by atoms with Gasteiger partial charge in [-0.25, -0.2) is 17.6 Å². The van der Waals surface area contributed by atoms with Crippen LogP contribution in [0.5, 0.6) is 0 Å². The maximum Gasteiger partial charge on any atom is 0.416 e. The van der Waals surface area contributed by atoms with E-state index in [-0.39, 0.29) is 28.5 Å². The number of carbonyl (C=O) groups is 2. The van der Waals surface area contributed by atoms with Crippen LogP contribution < -0.4 is 5.32 Å². The van der Waals surface area contributed by atoms with E-state index in [9.17, 15) is 31.2 Å². The van der Waals surface area contributed by atoms with Crippen LogP contribution in [-0.4, -0.2) is 54.8 Å². The molecule has 4 aliphatic rings. The first-order valence-electron chi connectivity index (χ1n) is 12.7. The lowest BCUT2D eigenvalue weighted by atomic mass is 9.67. The van der Waals surface area contributed by atoms with Crippen molar-refractivity contribution in [3.8, 4) is 0 Å². The number of amidine groups is 1. The third kappa shape index (κ3) is 4.08. The summed E-state index contributed by atoms with van der Waals surface area (Å²) in [5.74, 6) is -1.77. The third-order valence-electron chi connectivity index (χ3n) is 8.13. The van der Waals surface area contributed by atoms with Crippen LogP contribution in [-0.2, 0) is 20.8 Å². The van der Waals surface area contributed by atoms with E-state index in [2.05, 4.69) is 5.32 Å². The standard InChI is InChI=1S/C28H24F4N4O4S/c1-14-19(29)12-27(2)23-21(14)33-20(37)13-35(23)26(38)36-24(27)22(15-6-10-18(11-7-15)41(3,39)40)34-25(36)16-4-8-17(9-5-16)28(30,31)32/h4-12,14,22,24H,13H2,1-3H3,(H,33,37). The van der Waals surface area contributed by atoms with Gasteiger partial charge >= 0.3 is 12.2 Å². The van der Waals surface area contributed by atoms with Crippen LogP contribution in [0.1, 0.15) is 36.6 Å². The molecular formula is C28H24F4N4O4S. The van der Waals surface area contributed by atoms with Gasteiger partial charge in [0.15, 0.2) is 9.84 Å². The monoisotopic (exact) mass is 588 g/mol. The minimum absolute atomic E-state index is 0.0613.